The van der Waals surface area contributed by atoms with Gasteiger partial charge in [-0.3, -0.25) is 0 Å². The van der Waals surface area contributed by atoms with E-state index in [0.717, 1.165) is 19.4 Å². The lowest BCUT2D eigenvalue weighted by Gasteiger charge is -2.31. The van der Waals surface area contributed by atoms with Crippen LogP contribution < -0.4 is 5.32 Å². The molecule has 0 saturated carbocycles. The number of nitrogens with one attached hydrogen (secondary N) is 1. The van der Waals surface area contributed by atoms with Crippen LogP contribution in [0.15, 0.2) is 0 Å². The Kier molecular flexibility index (Phi) is 3.77. The Bertz CT molecular complexity index is 208. The molecule has 13 heavy (non-hydrogen) atoms. The van der Waals surface area contributed by atoms with Gasteiger partial charge >= 0.3 is 0 Å². The van der Waals surface area contributed by atoms with Gasteiger partial charge in [-0.05, 0) is 33.7 Å². The van der Waals surface area contributed by atoms with Crippen LogP contribution in [-0.4, -0.2) is 25.3 Å². The van der Waals surface area contributed by atoms with E-state index in [2.05, 4.69) is 24.1 Å². The van der Waals surface area contributed by atoms with Gasteiger partial charge < -0.3 is 10.1 Å². The lowest BCUT2D eigenvalue weighted by Crippen LogP contribution is -2.46. The molecular formula is C11H19NO. The van der Waals surface area contributed by atoms with E-state index in [1.807, 2.05) is 14.0 Å². The minimum Gasteiger partial charge on any atom is -0.374 e. The van der Waals surface area contributed by atoms with Crippen molar-refractivity contribution in [1.82, 2.24) is 5.32 Å². The highest BCUT2D eigenvalue weighted by atomic mass is 16.5. The van der Waals surface area contributed by atoms with E-state index < -0.39 is 0 Å². The summed E-state index contributed by atoms with van der Waals surface area (Å²) in [5, 5.41) is 3.29. The van der Waals surface area contributed by atoms with Crippen LogP contribution in [-0.2, 0) is 4.74 Å². The highest BCUT2D eigenvalue weighted by Gasteiger charge is 2.36. The summed E-state index contributed by atoms with van der Waals surface area (Å²) in [6.45, 7) is 4.96. The minimum atomic E-state index is -0.00139. The van der Waals surface area contributed by atoms with E-state index >= 15 is 0 Å². The summed E-state index contributed by atoms with van der Waals surface area (Å²) in [4.78, 5) is 0. The number of rotatable bonds is 3. The van der Waals surface area contributed by atoms with Crippen molar-refractivity contribution in [2.75, 3.05) is 13.7 Å². The third kappa shape index (κ3) is 2.46. The van der Waals surface area contributed by atoms with Crippen LogP contribution in [0.2, 0.25) is 0 Å². The van der Waals surface area contributed by atoms with Crippen LogP contribution in [0.4, 0.5) is 0 Å². The Hall–Kier alpha value is -0.520. The molecule has 2 nitrogen and oxygen atoms in total. The summed E-state index contributed by atoms with van der Waals surface area (Å²) in [7, 11) is 1.98. The third-order valence-electron chi connectivity index (χ3n) is 2.82. The second kappa shape index (κ2) is 4.64. The molecule has 1 heterocycles. The molecule has 2 heteroatoms. The van der Waals surface area contributed by atoms with Gasteiger partial charge in [-0.1, -0.05) is 0 Å². The van der Waals surface area contributed by atoms with Crippen LogP contribution in [0, 0.1) is 11.8 Å². The van der Waals surface area contributed by atoms with Gasteiger partial charge in [-0.25, -0.2) is 0 Å². The monoisotopic (exact) mass is 181 g/mol. The zero-order valence-electron chi connectivity index (χ0n) is 8.81. The smallest absolute Gasteiger partial charge is 0.0816 e. The summed E-state index contributed by atoms with van der Waals surface area (Å²) in [5.74, 6) is 6.04. The Morgan fingerprint density at radius 2 is 2.38 bits per heavy atom. The fourth-order valence-corrected chi connectivity index (χ4v) is 1.90. The molecule has 2 unspecified atom stereocenters. The van der Waals surface area contributed by atoms with Gasteiger partial charge in [0.15, 0.2) is 0 Å². The first-order valence-electron chi connectivity index (χ1n) is 4.94. The number of hydrogen-bond acceptors (Lipinski definition) is 2. The van der Waals surface area contributed by atoms with E-state index in [1.165, 1.54) is 6.42 Å². The SMILES string of the molecule is CC#CCC(NC)C1(C)CCCO1. The molecule has 74 valence electrons. The highest BCUT2D eigenvalue weighted by Crippen LogP contribution is 2.29. The summed E-state index contributed by atoms with van der Waals surface area (Å²) in [5.41, 5.74) is -0.00139. The molecule has 0 bridgehead atoms. The molecule has 1 aliphatic heterocycles. The summed E-state index contributed by atoms with van der Waals surface area (Å²) in [6.07, 6.45) is 3.20. The lowest BCUT2D eigenvalue weighted by atomic mass is 9.91. The van der Waals surface area contributed by atoms with Crippen molar-refractivity contribution in [3.05, 3.63) is 0 Å². The number of likely N-dealkylation sites (N-methyl/N-ethyl adjacent to an activating group) is 1. The fraction of sp³-hybridized carbons (Fsp3) is 0.818. The van der Waals surface area contributed by atoms with Gasteiger partial charge in [0.1, 0.15) is 0 Å². The average Bonchev–Trinajstić information content (AvgIpc) is 2.54. The molecule has 1 rings (SSSR count). The molecule has 1 N–H and O–H groups in total. The summed E-state index contributed by atoms with van der Waals surface area (Å²) < 4.78 is 5.76. The Balaban J connectivity index is 2.56. The van der Waals surface area contributed by atoms with Crippen LogP contribution in [0.25, 0.3) is 0 Å². The molecule has 1 aliphatic rings. The average molecular weight is 181 g/mol. The van der Waals surface area contributed by atoms with Crippen molar-refractivity contribution < 1.29 is 4.74 Å². The molecule has 1 saturated heterocycles. The summed E-state index contributed by atoms with van der Waals surface area (Å²) in [6, 6.07) is 0.363. The van der Waals surface area contributed by atoms with Gasteiger partial charge in [0.25, 0.3) is 0 Å². The molecule has 0 aromatic carbocycles. The number of hydrogen-bond donors (Lipinski definition) is 1. The van der Waals surface area contributed by atoms with Crippen LogP contribution in [0.3, 0.4) is 0 Å². The van der Waals surface area contributed by atoms with Crippen molar-refractivity contribution in [3.63, 3.8) is 0 Å². The standard InChI is InChI=1S/C11H19NO/c1-4-5-7-10(12-3)11(2)8-6-9-13-11/h10,12H,6-9H2,1-3H3. The normalized spacial score (nSPS) is 29.5. The highest BCUT2D eigenvalue weighted by molar-refractivity contribution is 5.03. The van der Waals surface area contributed by atoms with Gasteiger partial charge in [0.05, 0.1) is 5.60 Å². The van der Waals surface area contributed by atoms with Crippen LogP contribution in [0.5, 0.6) is 0 Å². The first kappa shape index (κ1) is 10.6. The van der Waals surface area contributed by atoms with Gasteiger partial charge in [0.2, 0.25) is 0 Å². The van der Waals surface area contributed by atoms with Gasteiger partial charge in [-0.2, -0.15) is 0 Å². The Labute approximate surface area is 81.0 Å². The zero-order chi connectivity index (χ0) is 9.73. The molecule has 0 aromatic heterocycles. The zero-order valence-corrected chi connectivity index (χ0v) is 8.81. The van der Waals surface area contributed by atoms with Crippen molar-refractivity contribution in [1.29, 1.82) is 0 Å². The van der Waals surface area contributed by atoms with Crippen molar-refractivity contribution >= 4 is 0 Å². The first-order valence-corrected chi connectivity index (χ1v) is 4.94. The summed E-state index contributed by atoms with van der Waals surface area (Å²) >= 11 is 0. The van der Waals surface area contributed by atoms with Crippen LogP contribution in [0.1, 0.15) is 33.1 Å². The predicted octanol–water partition coefficient (Wildman–Crippen LogP) is 1.56. The van der Waals surface area contributed by atoms with E-state index in [0.29, 0.717) is 6.04 Å². The minimum absolute atomic E-state index is 0.00139. The quantitative estimate of drug-likeness (QED) is 0.667. The van der Waals surface area contributed by atoms with E-state index in [9.17, 15) is 0 Å². The predicted molar refractivity (Wildman–Crippen MR) is 54.5 cm³/mol. The molecule has 0 radical (unpaired) electrons. The van der Waals surface area contributed by atoms with Crippen molar-refractivity contribution in [2.24, 2.45) is 0 Å². The Morgan fingerprint density at radius 1 is 1.62 bits per heavy atom. The van der Waals surface area contributed by atoms with Crippen LogP contribution >= 0.6 is 0 Å². The number of ether oxygens (including phenoxy) is 1. The Morgan fingerprint density at radius 3 is 2.85 bits per heavy atom. The van der Waals surface area contributed by atoms with Crippen molar-refractivity contribution in [2.45, 2.75) is 44.8 Å². The third-order valence-corrected chi connectivity index (χ3v) is 2.82. The molecule has 0 amide bonds. The maximum atomic E-state index is 5.76. The van der Waals surface area contributed by atoms with E-state index in [-0.39, 0.29) is 5.60 Å². The van der Waals surface area contributed by atoms with Gasteiger partial charge in [-0.15, -0.1) is 11.8 Å². The molecule has 0 aromatic rings. The van der Waals surface area contributed by atoms with Crippen molar-refractivity contribution in [3.8, 4) is 11.8 Å². The first-order chi connectivity index (χ1) is 6.23. The molecule has 0 aliphatic carbocycles. The molecule has 0 spiro atoms. The van der Waals surface area contributed by atoms with E-state index in [1.54, 1.807) is 0 Å². The molecular weight excluding hydrogens is 162 g/mol. The van der Waals surface area contributed by atoms with Gasteiger partial charge in [0, 0.05) is 19.1 Å². The lowest BCUT2D eigenvalue weighted by molar-refractivity contribution is -0.00817. The maximum Gasteiger partial charge on any atom is 0.0816 e. The fourth-order valence-electron chi connectivity index (χ4n) is 1.90. The largest absolute Gasteiger partial charge is 0.374 e. The molecule has 2 atom stereocenters. The second-order valence-electron chi connectivity index (χ2n) is 3.74. The van der Waals surface area contributed by atoms with E-state index in [4.69, 9.17) is 4.74 Å². The molecule has 1 fully saturated rings. The second-order valence-corrected chi connectivity index (χ2v) is 3.74. The maximum absolute atomic E-state index is 5.76. The topological polar surface area (TPSA) is 21.3 Å².